The molecule has 2 heterocycles. The van der Waals surface area contributed by atoms with Crippen LogP contribution in [-0.2, 0) is 16.4 Å². The summed E-state index contributed by atoms with van der Waals surface area (Å²) in [5.41, 5.74) is 2.02. The van der Waals surface area contributed by atoms with E-state index in [-0.39, 0.29) is 45.5 Å². The summed E-state index contributed by atoms with van der Waals surface area (Å²) in [7, 11) is -4.02. The average molecular weight is 528 g/mol. The first kappa shape index (κ1) is 23.5. The van der Waals surface area contributed by atoms with E-state index in [4.69, 9.17) is 23.2 Å². The Balaban J connectivity index is 1.51. The lowest BCUT2D eigenvalue weighted by molar-refractivity contribution is 0.0652. The summed E-state index contributed by atoms with van der Waals surface area (Å²) in [5, 5.41) is 0.465. The van der Waals surface area contributed by atoms with Crippen molar-refractivity contribution in [3.05, 3.63) is 93.2 Å². The molecule has 0 radical (unpaired) electrons. The zero-order valence-corrected chi connectivity index (χ0v) is 20.9. The van der Waals surface area contributed by atoms with E-state index in [1.807, 2.05) is 0 Å². The lowest BCUT2D eigenvalue weighted by atomic mass is 10.1. The predicted octanol–water partition coefficient (Wildman–Crippen LogP) is 5.12. The Morgan fingerprint density at radius 3 is 2.14 bits per heavy atom. The van der Waals surface area contributed by atoms with Gasteiger partial charge in [0.2, 0.25) is 0 Å². The quantitative estimate of drug-likeness (QED) is 0.324. The van der Waals surface area contributed by atoms with E-state index in [9.17, 15) is 18.0 Å². The molecule has 0 saturated carbocycles. The number of imidazole rings is 1. The second-order valence-corrected chi connectivity index (χ2v) is 10.8. The lowest BCUT2D eigenvalue weighted by Gasteiger charge is -2.15. The number of amides is 2. The summed E-state index contributed by atoms with van der Waals surface area (Å²) in [5.74, 6) is -0.450. The van der Waals surface area contributed by atoms with E-state index < -0.39 is 10.0 Å². The van der Waals surface area contributed by atoms with Gasteiger partial charge in [-0.2, -0.15) is 0 Å². The van der Waals surface area contributed by atoms with Gasteiger partial charge in [0.15, 0.2) is 0 Å². The largest absolute Gasteiger partial charge is 0.274 e. The molecule has 5 rings (SSSR count). The van der Waals surface area contributed by atoms with Crippen molar-refractivity contribution in [1.82, 2.24) is 13.9 Å². The van der Waals surface area contributed by atoms with Gasteiger partial charge < -0.3 is 0 Å². The third-order valence-corrected chi connectivity index (χ3v) is 8.62. The van der Waals surface area contributed by atoms with Gasteiger partial charge in [-0.1, -0.05) is 53.5 Å². The Bertz CT molecular complexity index is 1590. The van der Waals surface area contributed by atoms with Crippen LogP contribution in [0.25, 0.3) is 11.0 Å². The van der Waals surface area contributed by atoms with Gasteiger partial charge in [-0.25, -0.2) is 17.4 Å². The molecule has 0 saturated heterocycles. The predicted molar refractivity (Wildman–Crippen MR) is 134 cm³/mol. The molecule has 0 aliphatic carbocycles. The molecule has 0 unspecified atom stereocenters. The molecule has 0 fully saturated rings. The number of carbonyl (C=O) groups is 2. The molecular formula is C25H19Cl2N3O4S. The molecule has 10 heteroatoms. The number of hydrogen-bond acceptors (Lipinski definition) is 5. The molecule has 7 nitrogen and oxygen atoms in total. The van der Waals surface area contributed by atoms with Gasteiger partial charge in [0, 0.05) is 13.0 Å². The van der Waals surface area contributed by atoms with Crippen LogP contribution in [-0.4, -0.2) is 40.6 Å². The second-order valence-electron chi connectivity index (χ2n) is 8.23. The Labute approximate surface area is 212 Å². The zero-order chi connectivity index (χ0) is 24.9. The molecular weight excluding hydrogens is 509 g/mol. The van der Waals surface area contributed by atoms with E-state index in [1.54, 1.807) is 49.4 Å². The van der Waals surface area contributed by atoms with Crippen LogP contribution in [0.1, 0.15) is 38.5 Å². The van der Waals surface area contributed by atoms with Crippen LogP contribution in [0, 0.1) is 6.92 Å². The number of halogens is 2. The third kappa shape index (κ3) is 3.91. The second kappa shape index (κ2) is 8.78. The maximum Gasteiger partial charge on any atom is 0.269 e. The highest BCUT2D eigenvalue weighted by molar-refractivity contribution is 7.90. The first-order valence-electron chi connectivity index (χ1n) is 10.8. The van der Waals surface area contributed by atoms with Crippen LogP contribution in [0.5, 0.6) is 0 Å². The maximum atomic E-state index is 13.7. The summed E-state index contributed by atoms with van der Waals surface area (Å²) < 4.78 is 28.7. The molecule has 178 valence electrons. The standard InChI is InChI=1S/C25H19Cl2N3O4S/c1-15-7-2-5-10-22(15)35(33,34)30-21-14-19(27)18(26)13-20(21)28-23(30)11-6-12-29-24(31)16-8-3-4-9-17(16)25(29)32/h2-5,7-10,13-14H,6,11-12H2,1H3. The molecule has 0 N–H and O–H groups in total. The molecule has 0 atom stereocenters. The molecule has 1 aliphatic rings. The lowest BCUT2D eigenvalue weighted by Crippen LogP contribution is -2.31. The van der Waals surface area contributed by atoms with Crippen molar-refractivity contribution in [3.63, 3.8) is 0 Å². The molecule has 3 aromatic carbocycles. The highest BCUT2D eigenvalue weighted by atomic mass is 35.5. The summed E-state index contributed by atoms with van der Waals surface area (Å²) in [6.45, 7) is 1.85. The van der Waals surface area contributed by atoms with Crippen molar-refractivity contribution in [1.29, 1.82) is 0 Å². The topological polar surface area (TPSA) is 89.3 Å². The van der Waals surface area contributed by atoms with Crippen molar-refractivity contribution in [3.8, 4) is 0 Å². The van der Waals surface area contributed by atoms with Crippen LogP contribution in [0.4, 0.5) is 0 Å². The van der Waals surface area contributed by atoms with Crippen molar-refractivity contribution in [2.45, 2.75) is 24.7 Å². The van der Waals surface area contributed by atoms with Crippen molar-refractivity contribution in [2.24, 2.45) is 0 Å². The highest BCUT2D eigenvalue weighted by Crippen LogP contribution is 2.32. The van der Waals surface area contributed by atoms with Crippen molar-refractivity contribution in [2.75, 3.05) is 6.54 Å². The van der Waals surface area contributed by atoms with Gasteiger partial charge in [0.05, 0.1) is 37.1 Å². The number of benzene rings is 3. The normalized spacial score (nSPS) is 13.6. The Morgan fingerprint density at radius 1 is 0.886 bits per heavy atom. The number of carbonyl (C=O) groups excluding carboxylic acids is 2. The fourth-order valence-electron chi connectivity index (χ4n) is 4.31. The number of aromatic nitrogens is 2. The molecule has 0 bridgehead atoms. The maximum absolute atomic E-state index is 13.7. The number of hydrogen-bond donors (Lipinski definition) is 0. The van der Waals surface area contributed by atoms with E-state index in [1.165, 1.54) is 27.1 Å². The fraction of sp³-hybridized carbons (Fsp3) is 0.160. The van der Waals surface area contributed by atoms with Gasteiger partial charge in [-0.3, -0.25) is 14.5 Å². The Kier molecular flexibility index (Phi) is 5.91. The summed E-state index contributed by atoms with van der Waals surface area (Å²) >= 11 is 12.4. The van der Waals surface area contributed by atoms with Crippen LogP contribution < -0.4 is 0 Å². The molecule has 1 aliphatic heterocycles. The minimum Gasteiger partial charge on any atom is -0.274 e. The van der Waals surface area contributed by atoms with Crippen LogP contribution in [0.2, 0.25) is 10.0 Å². The summed E-state index contributed by atoms with van der Waals surface area (Å²) in [6.07, 6.45) is 0.516. The molecule has 35 heavy (non-hydrogen) atoms. The van der Waals surface area contributed by atoms with Crippen molar-refractivity contribution < 1.29 is 18.0 Å². The van der Waals surface area contributed by atoms with Gasteiger partial charge >= 0.3 is 0 Å². The molecule has 0 spiro atoms. The van der Waals surface area contributed by atoms with Gasteiger partial charge in [0.1, 0.15) is 5.82 Å². The molecule has 2 amide bonds. The van der Waals surface area contributed by atoms with E-state index in [0.717, 1.165) is 0 Å². The average Bonchev–Trinajstić information content (AvgIpc) is 3.30. The van der Waals surface area contributed by atoms with Gasteiger partial charge in [-0.15, -0.1) is 0 Å². The Morgan fingerprint density at radius 2 is 1.49 bits per heavy atom. The monoisotopic (exact) mass is 527 g/mol. The van der Waals surface area contributed by atoms with E-state index >= 15 is 0 Å². The summed E-state index contributed by atoms with van der Waals surface area (Å²) in [4.78, 5) is 31.2. The third-order valence-electron chi connectivity index (χ3n) is 5.99. The number of fused-ring (bicyclic) bond motifs is 2. The van der Waals surface area contributed by atoms with E-state index in [2.05, 4.69) is 4.98 Å². The Hall–Kier alpha value is -3.20. The van der Waals surface area contributed by atoms with Gasteiger partial charge in [0.25, 0.3) is 21.8 Å². The van der Waals surface area contributed by atoms with Crippen molar-refractivity contribution >= 4 is 56.1 Å². The smallest absolute Gasteiger partial charge is 0.269 e. The molecule has 4 aromatic rings. The first-order chi connectivity index (χ1) is 16.7. The fourth-order valence-corrected chi connectivity index (χ4v) is 6.36. The van der Waals surface area contributed by atoms with Crippen LogP contribution >= 0.6 is 23.2 Å². The van der Waals surface area contributed by atoms with Gasteiger partial charge in [-0.05, 0) is 49.2 Å². The zero-order valence-electron chi connectivity index (χ0n) is 18.5. The first-order valence-corrected chi connectivity index (χ1v) is 13.0. The number of aryl methyl sites for hydroxylation is 2. The summed E-state index contributed by atoms with van der Waals surface area (Å²) in [6, 6.07) is 16.4. The number of imide groups is 1. The minimum absolute atomic E-state index is 0.126. The number of rotatable bonds is 6. The van der Waals surface area contributed by atoms with Crippen LogP contribution in [0.15, 0.2) is 65.6 Å². The minimum atomic E-state index is -4.02. The SMILES string of the molecule is Cc1ccccc1S(=O)(=O)n1c(CCCN2C(=O)c3ccccc3C2=O)nc2cc(Cl)c(Cl)cc21. The molecule has 1 aromatic heterocycles. The number of nitrogens with zero attached hydrogens (tertiary/aromatic N) is 3. The highest BCUT2D eigenvalue weighted by Gasteiger charge is 2.35. The van der Waals surface area contributed by atoms with Crippen LogP contribution in [0.3, 0.4) is 0 Å². The van der Waals surface area contributed by atoms with E-state index in [0.29, 0.717) is 34.1 Å².